The van der Waals surface area contributed by atoms with Crippen LogP contribution in [-0.4, -0.2) is 37.1 Å². The van der Waals surface area contributed by atoms with Gasteiger partial charge in [-0.3, -0.25) is 4.90 Å². The standard InChI is InChI=1S/C20H32N2/c1-2-18-10-12-20(13-11-18)22-16-14-21(15-17-22)19-8-6-4-3-5-7-9-19/h10-13,19H,2-9,14-17H2,1H3. The van der Waals surface area contributed by atoms with Gasteiger partial charge in [0.15, 0.2) is 0 Å². The maximum Gasteiger partial charge on any atom is 0.0367 e. The molecule has 2 nitrogen and oxygen atoms in total. The summed E-state index contributed by atoms with van der Waals surface area (Å²) in [6.07, 6.45) is 11.3. The van der Waals surface area contributed by atoms with Crippen molar-refractivity contribution in [2.75, 3.05) is 31.1 Å². The van der Waals surface area contributed by atoms with Gasteiger partial charge in [0.2, 0.25) is 0 Å². The van der Waals surface area contributed by atoms with Gasteiger partial charge >= 0.3 is 0 Å². The van der Waals surface area contributed by atoms with Crippen LogP contribution in [0.15, 0.2) is 24.3 Å². The fourth-order valence-electron chi connectivity index (χ4n) is 4.09. The van der Waals surface area contributed by atoms with Crippen LogP contribution in [0.1, 0.15) is 57.4 Å². The number of anilines is 1. The lowest BCUT2D eigenvalue weighted by atomic mass is 9.95. The van der Waals surface area contributed by atoms with Crippen LogP contribution in [0.3, 0.4) is 0 Å². The molecule has 1 heterocycles. The highest BCUT2D eigenvalue weighted by Gasteiger charge is 2.24. The molecule has 2 heteroatoms. The minimum Gasteiger partial charge on any atom is -0.369 e. The molecule has 1 aliphatic carbocycles. The molecule has 0 spiro atoms. The minimum absolute atomic E-state index is 0.866. The Morgan fingerprint density at radius 2 is 1.41 bits per heavy atom. The van der Waals surface area contributed by atoms with Gasteiger partial charge in [-0.2, -0.15) is 0 Å². The van der Waals surface area contributed by atoms with E-state index in [2.05, 4.69) is 41.0 Å². The number of hydrogen-bond acceptors (Lipinski definition) is 2. The quantitative estimate of drug-likeness (QED) is 0.812. The van der Waals surface area contributed by atoms with Crippen molar-refractivity contribution in [3.05, 3.63) is 29.8 Å². The van der Waals surface area contributed by atoms with Crippen molar-refractivity contribution in [1.29, 1.82) is 0 Å². The number of hydrogen-bond donors (Lipinski definition) is 0. The lowest BCUT2D eigenvalue weighted by molar-refractivity contribution is 0.157. The van der Waals surface area contributed by atoms with Gasteiger partial charge < -0.3 is 4.90 Å². The van der Waals surface area contributed by atoms with Crippen LogP contribution in [-0.2, 0) is 6.42 Å². The van der Waals surface area contributed by atoms with Gasteiger partial charge in [0, 0.05) is 37.9 Å². The van der Waals surface area contributed by atoms with Crippen molar-refractivity contribution in [1.82, 2.24) is 4.90 Å². The van der Waals surface area contributed by atoms with Crippen molar-refractivity contribution in [3.63, 3.8) is 0 Å². The smallest absolute Gasteiger partial charge is 0.0367 e. The second-order valence-corrected chi connectivity index (χ2v) is 7.04. The number of rotatable bonds is 3. The Kier molecular flexibility index (Phi) is 5.77. The van der Waals surface area contributed by atoms with Crippen LogP contribution in [0.2, 0.25) is 0 Å². The monoisotopic (exact) mass is 300 g/mol. The largest absolute Gasteiger partial charge is 0.369 e. The zero-order valence-corrected chi connectivity index (χ0v) is 14.3. The highest BCUT2D eigenvalue weighted by molar-refractivity contribution is 5.48. The molecule has 0 atom stereocenters. The summed E-state index contributed by atoms with van der Waals surface area (Å²) < 4.78 is 0. The van der Waals surface area contributed by atoms with Gasteiger partial charge in [0.1, 0.15) is 0 Å². The molecule has 1 aromatic carbocycles. The average molecular weight is 300 g/mol. The second-order valence-electron chi connectivity index (χ2n) is 7.04. The molecule has 2 fully saturated rings. The van der Waals surface area contributed by atoms with Crippen LogP contribution in [0.4, 0.5) is 5.69 Å². The Labute approximate surface area is 136 Å². The van der Waals surface area contributed by atoms with Gasteiger partial charge in [0.25, 0.3) is 0 Å². The second kappa shape index (κ2) is 8.01. The third kappa shape index (κ3) is 4.04. The van der Waals surface area contributed by atoms with E-state index in [4.69, 9.17) is 0 Å². The Bertz CT molecular complexity index is 424. The number of nitrogens with zero attached hydrogens (tertiary/aromatic N) is 2. The van der Waals surface area contributed by atoms with Gasteiger partial charge in [-0.25, -0.2) is 0 Å². The van der Waals surface area contributed by atoms with Gasteiger partial charge in [-0.15, -0.1) is 0 Å². The summed E-state index contributed by atoms with van der Waals surface area (Å²) in [6.45, 7) is 7.12. The van der Waals surface area contributed by atoms with Crippen molar-refractivity contribution < 1.29 is 0 Å². The molecule has 22 heavy (non-hydrogen) atoms. The zero-order valence-electron chi connectivity index (χ0n) is 14.3. The first-order valence-electron chi connectivity index (χ1n) is 9.45. The van der Waals surface area contributed by atoms with Crippen molar-refractivity contribution in [3.8, 4) is 0 Å². The van der Waals surface area contributed by atoms with E-state index in [9.17, 15) is 0 Å². The highest BCUT2D eigenvalue weighted by Crippen LogP contribution is 2.24. The first kappa shape index (κ1) is 15.9. The first-order chi connectivity index (χ1) is 10.9. The highest BCUT2D eigenvalue weighted by atomic mass is 15.3. The molecular formula is C20H32N2. The summed E-state index contributed by atoms with van der Waals surface area (Å²) >= 11 is 0. The molecule has 2 aliphatic rings. The Hall–Kier alpha value is -1.02. The molecule has 0 bridgehead atoms. The van der Waals surface area contributed by atoms with E-state index in [1.165, 1.54) is 82.4 Å². The average Bonchev–Trinajstić information content (AvgIpc) is 2.55. The number of benzene rings is 1. The normalized spacial score (nSPS) is 22.3. The van der Waals surface area contributed by atoms with Crippen molar-refractivity contribution in [2.45, 2.75) is 64.3 Å². The van der Waals surface area contributed by atoms with Crippen LogP contribution < -0.4 is 4.90 Å². The molecule has 0 radical (unpaired) electrons. The van der Waals surface area contributed by atoms with Crippen molar-refractivity contribution in [2.24, 2.45) is 0 Å². The zero-order chi connectivity index (χ0) is 15.2. The third-order valence-corrected chi connectivity index (χ3v) is 5.62. The molecule has 1 saturated heterocycles. The predicted molar refractivity (Wildman–Crippen MR) is 95.7 cm³/mol. The summed E-state index contributed by atoms with van der Waals surface area (Å²) in [5.74, 6) is 0. The van der Waals surface area contributed by atoms with E-state index in [1.807, 2.05) is 0 Å². The van der Waals surface area contributed by atoms with E-state index in [0.717, 1.165) is 12.5 Å². The van der Waals surface area contributed by atoms with E-state index >= 15 is 0 Å². The topological polar surface area (TPSA) is 6.48 Å². The number of aryl methyl sites for hydroxylation is 1. The molecular weight excluding hydrogens is 268 g/mol. The molecule has 1 aromatic rings. The van der Waals surface area contributed by atoms with Crippen LogP contribution in [0, 0.1) is 0 Å². The van der Waals surface area contributed by atoms with E-state index in [1.54, 1.807) is 0 Å². The summed E-state index contributed by atoms with van der Waals surface area (Å²) in [7, 11) is 0. The fraction of sp³-hybridized carbons (Fsp3) is 0.700. The Morgan fingerprint density at radius 1 is 0.818 bits per heavy atom. The minimum atomic E-state index is 0.866. The summed E-state index contributed by atoms with van der Waals surface area (Å²) in [4.78, 5) is 5.35. The number of piperazine rings is 1. The summed E-state index contributed by atoms with van der Waals surface area (Å²) in [5.41, 5.74) is 2.85. The molecule has 122 valence electrons. The molecule has 0 unspecified atom stereocenters. The van der Waals surface area contributed by atoms with E-state index in [-0.39, 0.29) is 0 Å². The molecule has 0 amide bonds. The van der Waals surface area contributed by atoms with Gasteiger partial charge in [-0.05, 0) is 37.0 Å². The Balaban J connectivity index is 1.52. The van der Waals surface area contributed by atoms with E-state index in [0.29, 0.717) is 0 Å². The van der Waals surface area contributed by atoms with Crippen LogP contribution >= 0.6 is 0 Å². The van der Waals surface area contributed by atoms with Crippen molar-refractivity contribution >= 4 is 5.69 Å². The molecule has 0 N–H and O–H groups in total. The van der Waals surface area contributed by atoms with Crippen LogP contribution in [0.5, 0.6) is 0 Å². The third-order valence-electron chi connectivity index (χ3n) is 5.62. The first-order valence-corrected chi connectivity index (χ1v) is 9.45. The molecule has 0 aromatic heterocycles. The lowest BCUT2D eigenvalue weighted by Gasteiger charge is -2.41. The van der Waals surface area contributed by atoms with Gasteiger partial charge in [0.05, 0.1) is 0 Å². The van der Waals surface area contributed by atoms with Gasteiger partial charge in [-0.1, -0.05) is 51.2 Å². The maximum absolute atomic E-state index is 2.78. The van der Waals surface area contributed by atoms with Crippen LogP contribution in [0.25, 0.3) is 0 Å². The summed E-state index contributed by atoms with van der Waals surface area (Å²) in [6, 6.07) is 10.1. The van der Waals surface area contributed by atoms with E-state index < -0.39 is 0 Å². The predicted octanol–water partition coefficient (Wildman–Crippen LogP) is 4.48. The lowest BCUT2D eigenvalue weighted by Crippen LogP contribution is -2.50. The molecule has 1 aliphatic heterocycles. The summed E-state index contributed by atoms with van der Waals surface area (Å²) in [5, 5.41) is 0. The SMILES string of the molecule is CCc1ccc(N2CCN(C3CCCCCCC3)CC2)cc1. The molecule has 1 saturated carbocycles. The fourth-order valence-corrected chi connectivity index (χ4v) is 4.09. The Morgan fingerprint density at radius 3 is 2.00 bits per heavy atom. The molecule has 3 rings (SSSR count). The maximum atomic E-state index is 2.78.